The number of hydrogen-bond donors (Lipinski definition) is 1. The second-order valence-electron chi connectivity index (χ2n) is 6.64. The zero-order valence-electron chi connectivity index (χ0n) is 14.6. The monoisotopic (exact) mass is 353 g/mol. The molecule has 1 heterocycles. The van der Waals surface area contributed by atoms with E-state index < -0.39 is 10.0 Å². The molecular weight excluding hydrogens is 326 g/mol. The van der Waals surface area contributed by atoms with E-state index in [0.717, 1.165) is 5.56 Å². The first-order valence-corrected chi connectivity index (χ1v) is 10.1. The second-order valence-corrected chi connectivity index (χ2v) is 8.62. The molecule has 24 heavy (non-hydrogen) atoms. The number of piperazine rings is 1. The van der Waals surface area contributed by atoms with Crippen LogP contribution in [0.3, 0.4) is 0 Å². The van der Waals surface area contributed by atoms with Crippen LogP contribution >= 0.6 is 0 Å². The van der Waals surface area contributed by atoms with Gasteiger partial charge in [0.1, 0.15) is 0 Å². The molecule has 1 fully saturated rings. The summed E-state index contributed by atoms with van der Waals surface area (Å²) in [6.45, 7) is 6.52. The second kappa shape index (κ2) is 8.09. The van der Waals surface area contributed by atoms with Gasteiger partial charge in [-0.1, -0.05) is 44.2 Å². The maximum atomic E-state index is 12.4. The molecule has 1 aliphatic rings. The first kappa shape index (κ1) is 18.9. The average molecular weight is 353 g/mol. The molecule has 2 rings (SSSR count). The number of carbonyl (C=O) groups is 1. The highest BCUT2D eigenvalue weighted by Crippen LogP contribution is 2.21. The lowest BCUT2D eigenvalue weighted by Gasteiger charge is -2.33. The van der Waals surface area contributed by atoms with Crippen LogP contribution in [0, 0.1) is 5.92 Å². The van der Waals surface area contributed by atoms with E-state index in [1.165, 1.54) is 10.6 Å². The van der Waals surface area contributed by atoms with Crippen molar-refractivity contribution in [2.45, 2.75) is 19.9 Å². The topological polar surface area (TPSA) is 69.7 Å². The first-order valence-electron chi connectivity index (χ1n) is 8.29. The Labute approximate surface area is 144 Å². The summed E-state index contributed by atoms with van der Waals surface area (Å²) < 4.78 is 24.5. The first-order chi connectivity index (χ1) is 11.3. The van der Waals surface area contributed by atoms with Crippen molar-refractivity contribution in [1.82, 2.24) is 14.5 Å². The van der Waals surface area contributed by atoms with Gasteiger partial charge in [0.05, 0.1) is 18.8 Å². The van der Waals surface area contributed by atoms with Crippen molar-refractivity contribution in [3.8, 4) is 0 Å². The predicted molar refractivity (Wildman–Crippen MR) is 95.0 cm³/mol. The van der Waals surface area contributed by atoms with Crippen molar-refractivity contribution >= 4 is 15.9 Å². The highest BCUT2D eigenvalue weighted by atomic mass is 32.2. The molecule has 0 radical (unpaired) electrons. The van der Waals surface area contributed by atoms with E-state index in [1.54, 1.807) is 0 Å². The predicted octanol–water partition coefficient (Wildman–Crippen LogP) is 1.08. The molecule has 1 N–H and O–H groups in total. The van der Waals surface area contributed by atoms with Crippen molar-refractivity contribution in [3.63, 3.8) is 0 Å². The summed E-state index contributed by atoms with van der Waals surface area (Å²) >= 11 is 0. The molecule has 0 spiro atoms. The Kier molecular flexibility index (Phi) is 6.37. The van der Waals surface area contributed by atoms with E-state index >= 15 is 0 Å². The largest absolute Gasteiger partial charge is 0.348 e. The summed E-state index contributed by atoms with van der Waals surface area (Å²) in [5, 5.41) is 3.11. The number of hydrogen-bond acceptors (Lipinski definition) is 4. The quantitative estimate of drug-likeness (QED) is 0.831. The van der Waals surface area contributed by atoms with Crippen LogP contribution in [0.4, 0.5) is 0 Å². The van der Waals surface area contributed by atoms with Gasteiger partial charge in [-0.25, -0.2) is 8.42 Å². The zero-order valence-corrected chi connectivity index (χ0v) is 15.4. The SMILES string of the molecule is CC(C)C(NC(=O)CN1CCN(S(C)(=O)=O)CC1)c1ccccc1. The van der Waals surface area contributed by atoms with Gasteiger partial charge < -0.3 is 5.32 Å². The molecule has 0 bridgehead atoms. The van der Waals surface area contributed by atoms with Crippen LogP contribution in [-0.4, -0.2) is 62.5 Å². The fourth-order valence-electron chi connectivity index (χ4n) is 2.94. The van der Waals surface area contributed by atoms with Crippen molar-refractivity contribution < 1.29 is 13.2 Å². The summed E-state index contributed by atoms with van der Waals surface area (Å²) in [7, 11) is -3.14. The number of benzene rings is 1. The Hall–Kier alpha value is -1.44. The lowest BCUT2D eigenvalue weighted by molar-refractivity contribution is -0.123. The van der Waals surface area contributed by atoms with Crippen LogP contribution in [0.1, 0.15) is 25.5 Å². The molecule has 1 amide bonds. The van der Waals surface area contributed by atoms with E-state index in [4.69, 9.17) is 0 Å². The average Bonchev–Trinajstić information content (AvgIpc) is 2.53. The molecule has 0 aromatic heterocycles. The number of amides is 1. The van der Waals surface area contributed by atoms with E-state index in [2.05, 4.69) is 19.2 Å². The molecule has 1 unspecified atom stereocenters. The van der Waals surface area contributed by atoms with E-state index in [-0.39, 0.29) is 11.9 Å². The minimum absolute atomic E-state index is 0.0176. The van der Waals surface area contributed by atoms with Crippen molar-refractivity contribution in [2.24, 2.45) is 5.92 Å². The van der Waals surface area contributed by atoms with E-state index in [0.29, 0.717) is 38.6 Å². The standard InChI is InChI=1S/C17H27N3O3S/c1-14(2)17(15-7-5-4-6-8-15)18-16(21)13-19-9-11-20(12-10-19)24(3,22)23/h4-8,14,17H,9-13H2,1-3H3,(H,18,21). The van der Waals surface area contributed by atoms with Crippen LogP contribution in [0.25, 0.3) is 0 Å². The molecule has 0 aliphatic carbocycles. The molecular formula is C17H27N3O3S. The zero-order chi connectivity index (χ0) is 17.7. The lowest BCUT2D eigenvalue weighted by atomic mass is 9.96. The van der Waals surface area contributed by atoms with Crippen LogP contribution in [0.15, 0.2) is 30.3 Å². The Morgan fingerprint density at radius 3 is 2.21 bits per heavy atom. The molecule has 134 valence electrons. The summed E-state index contributed by atoms with van der Waals surface area (Å²) in [4.78, 5) is 14.4. The Morgan fingerprint density at radius 1 is 1.12 bits per heavy atom. The van der Waals surface area contributed by atoms with Crippen molar-refractivity contribution in [1.29, 1.82) is 0 Å². The Morgan fingerprint density at radius 2 is 1.71 bits per heavy atom. The van der Waals surface area contributed by atoms with Crippen LogP contribution < -0.4 is 5.32 Å². The summed E-state index contributed by atoms with van der Waals surface area (Å²) in [6, 6.07) is 9.94. The highest BCUT2D eigenvalue weighted by Gasteiger charge is 2.25. The van der Waals surface area contributed by atoms with Gasteiger partial charge >= 0.3 is 0 Å². The number of nitrogens with zero attached hydrogens (tertiary/aromatic N) is 2. The number of carbonyl (C=O) groups excluding carboxylic acids is 1. The highest BCUT2D eigenvalue weighted by molar-refractivity contribution is 7.88. The fourth-order valence-corrected chi connectivity index (χ4v) is 3.76. The van der Waals surface area contributed by atoms with Crippen LogP contribution in [0.5, 0.6) is 0 Å². The molecule has 1 aliphatic heterocycles. The third-order valence-corrected chi connectivity index (χ3v) is 5.61. The molecule has 1 aromatic rings. The molecule has 1 saturated heterocycles. The Bertz CT molecular complexity index is 638. The number of sulfonamides is 1. The summed E-state index contributed by atoms with van der Waals surface area (Å²) in [5.74, 6) is 0.267. The van der Waals surface area contributed by atoms with Gasteiger partial charge in [-0.15, -0.1) is 0 Å². The van der Waals surface area contributed by atoms with Crippen molar-refractivity contribution in [3.05, 3.63) is 35.9 Å². The van der Waals surface area contributed by atoms with Gasteiger partial charge in [0.15, 0.2) is 0 Å². The number of rotatable bonds is 6. The Balaban J connectivity index is 1.89. The minimum Gasteiger partial charge on any atom is -0.348 e. The maximum absolute atomic E-state index is 12.4. The lowest BCUT2D eigenvalue weighted by Crippen LogP contribution is -2.51. The van der Waals surface area contributed by atoms with Crippen LogP contribution in [0.2, 0.25) is 0 Å². The van der Waals surface area contributed by atoms with Gasteiger partial charge in [-0.2, -0.15) is 4.31 Å². The van der Waals surface area contributed by atoms with Gasteiger partial charge in [-0.05, 0) is 11.5 Å². The van der Waals surface area contributed by atoms with Crippen LogP contribution in [-0.2, 0) is 14.8 Å². The molecule has 1 aromatic carbocycles. The van der Waals surface area contributed by atoms with E-state index in [1.807, 2.05) is 35.2 Å². The smallest absolute Gasteiger partial charge is 0.234 e. The number of nitrogens with one attached hydrogen (secondary N) is 1. The summed E-state index contributed by atoms with van der Waals surface area (Å²) in [5.41, 5.74) is 1.10. The van der Waals surface area contributed by atoms with Gasteiger partial charge in [0.25, 0.3) is 0 Å². The third-order valence-electron chi connectivity index (χ3n) is 4.31. The maximum Gasteiger partial charge on any atom is 0.234 e. The fraction of sp³-hybridized carbons (Fsp3) is 0.588. The summed E-state index contributed by atoms with van der Waals surface area (Å²) in [6.07, 6.45) is 1.22. The van der Waals surface area contributed by atoms with Gasteiger partial charge in [0.2, 0.25) is 15.9 Å². The molecule has 6 nitrogen and oxygen atoms in total. The van der Waals surface area contributed by atoms with E-state index in [9.17, 15) is 13.2 Å². The molecule has 0 saturated carbocycles. The third kappa shape index (κ3) is 5.29. The molecule has 7 heteroatoms. The van der Waals surface area contributed by atoms with Gasteiger partial charge in [-0.3, -0.25) is 9.69 Å². The minimum atomic E-state index is -3.14. The van der Waals surface area contributed by atoms with Crippen molar-refractivity contribution in [2.75, 3.05) is 39.0 Å². The van der Waals surface area contributed by atoms with Gasteiger partial charge in [0, 0.05) is 26.2 Å². The normalized spacial score (nSPS) is 18.5. The molecule has 1 atom stereocenters.